The standard InChI is InChI=1S/C10H12BrNO4/c11-6-1-2-8(10(15)16)9(3-6)12-4-7(14)5-13/h1-3,7,12-14H,4-5H2,(H,15,16). The summed E-state index contributed by atoms with van der Waals surface area (Å²) in [6, 6.07) is 4.69. The van der Waals surface area contributed by atoms with Crippen LogP contribution in [-0.4, -0.2) is 40.5 Å². The summed E-state index contributed by atoms with van der Waals surface area (Å²) in [5.74, 6) is -1.05. The zero-order valence-electron chi connectivity index (χ0n) is 8.35. The second-order valence-corrected chi connectivity index (χ2v) is 4.13. The molecule has 0 aliphatic carbocycles. The zero-order valence-corrected chi connectivity index (χ0v) is 9.94. The third kappa shape index (κ3) is 3.48. The molecule has 0 aromatic heterocycles. The molecule has 1 aromatic rings. The van der Waals surface area contributed by atoms with Gasteiger partial charge in [-0.25, -0.2) is 4.79 Å². The van der Waals surface area contributed by atoms with E-state index in [4.69, 9.17) is 15.3 Å². The third-order valence-electron chi connectivity index (χ3n) is 1.95. The predicted molar refractivity (Wildman–Crippen MR) is 62.7 cm³/mol. The minimum Gasteiger partial charge on any atom is -0.478 e. The Bertz CT molecular complexity index is 383. The van der Waals surface area contributed by atoms with Crippen molar-refractivity contribution in [2.75, 3.05) is 18.5 Å². The molecular weight excluding hydrogens is 278 g/mol. The molecule has 0 radical (unpaired) electrons. The van der Waals surface area contributed by atoms with E-state index in [1.165, 1.54) is 6.07 Å². The van der Waals surface area contributed by atoms with Crippen LogP contribution in [0, 0.1) is 0 Å². The molecule has 0 aliphatic heterocycles. The fraction of sp³-hybridized carbons (Fsp3) is 0.300. The number of aromatic carboxylic acids is 1. The predicted octanol–water partition coefficient (Wildman–Crippen LogP) is 0.912. The maximum atomic E-state index is 10.9. The maximum Gasteiger partial charge on any atom is 0.337 e. The minimum absolute atomic E-state index is 0.0905. The summed E-state index contributed by atoms with van der Waals surface area (Å²) < 4.78 is 0.735. The van der Waals surface area contributed by atoms with Gasteiger partial charge < -0.3 is 20.6 Å². The lowest BCUT2D eigenvalue weighted by molar-refractivity contribution is 0.0697. The molecule has 0 fully saturated rings. The molecule has 1 atom stereocenters. The molecule has 1 rings (SSSR count). The van der Waals surface area contributed by atoms with Gasteiger partial charge in [-0.15, -0.1) is 0 Å². The monoisotopic (exact) mass is 289 g/mol. The SMILES string of the molecule is O=C(O)c1ccc(Br)cc1NCC(O)CO. The Morgan fingerprint density at radius 2 is 2.19 bits per heavy atom. The minimum atomic E-state index is -1.05. The van der Waals surface area contributed by atoms with Crippen LogP contribution in [-0.2, 0) is 0 Å². The van der Waals surface area contributed by atoms with E-state index in [2.05, 4.69) is 21.2 Å². The number of hydrogen-bond donors (Lipinski definition) is 4. The molecule has 0 saturated carbocycles. The Hall–Kier alpha value is -1.11. The van der Waals surface area contributed by atoms with Crippen molar-refractivity contribution in [2.45, 2.75) is 6.10 Å². The quantitative estimate of drug-likeness (QED) is 0.647. The van der Waals surface area contributed by atoms with Crippen molar-refractivity contribution in [1.82, 2.24) is 0 Å². The Balaban J connectivity index is 2.84. The van der Waals surface area contributed by atoms with E-state index >= 15 is 0 Å². The van der Waals surface area contributed by atoms with Crippen molar-refractivity contribution < 1.29 is 20.1 Å². The number of benzene rings is 1. The van der Waals surface area contributed by atoms with Gasteiger partial charge in [0.2, 0.25) is 0 Å². The molecule has 0 amide bonds. The van der Waals surface area contributed by atoms with Gasteiger partial charge in [0.05, 0.1) is 18.3 Å². The number of hydrogen-bond acceptors (Lipinski definition) is 4. The van der Waals surface area contributed by atoms with E-state index in [0.717, 1.165) is 4.47 Å². The van der Waals surface area contributed by atoms with Gasteiger partial charge in [0.25, 0.3) is 0 Å². The second kappa shape index (κ2) is 5.83. The van der Waals surface area contributed by atoms with Crippen molar-refractivity contribution in [2.24, 2.45) is 0 Å². The van der Waals surface area contributed by atoms with E-state index in [9.17, 15) is 4.79 Å². The van der Waals surface area contributed by atoms with E-state index in [-0.39, 0.29) is 18.7 Å². The summed E-state index contributed by atoms with van der Waals surface area (Å²) in [6.07, 6.45) is -0.916. The number of carboxylic acid groups (broad SMARTS) is 1. The van der Waals surface area contributed by atoms with Crippen molar-refractivity contribution in [3.63, 3.8) is 0 Å². The molecule has 1 unspecified atom stereocenters. The summed E-state index contributed by atoms with van der Waals surface area (Å²) >= 11 is 3.22. The molecule has 0 spiro atoms. The highest BCUT2D eigenvalue weighted by Gasteiger charge is 2.11. The van der Waals surface area contributed by atoms with Gasteiger partial charge in [-0.1, -0.05) is 15.9 Å². The van der Waals surface area contributed by atoms with Crippen LogP contribution >= 0.6 is 15.9 Å². The van der Waals surface area contributed by atoms with Gasteiger partial charge in [-0.05, 0) is 18.2 Å². The first kappa shape index (κ1) is 13.0. The van der Waals surface area contributed by atoms with Gasteiger partial charge >= 0.3 is 5.97 Å². The number of aliphatic hydroxyl groups excluding tert-OH is 2. The second-order valence-electron chi connectivity index (χ2n) is 3.21. The molecule has 0 heterocycles. The maximum absolute atomic E-state index is 10.9. The fourth-order valence-electron chi connectivity index (χ4n) is 1.14. The highest BCUT2D eigenvalue weighted by Crippen LogP contribution is 2.21. The van der Waals surface area contributed by atoms with Crippen molar-refractivity contribution in [1.29, 1.82) is 0 Å². The van der Waals surface area contributed by atoms with Gasteiger partial charge in [0.15, 0.2) is 0 Å². The lowest BCUT2D eigenvalue weighted by Gasteiger charge is -2.12. The summed E-state index contributed by atoms with van der Waals surface area (Å²) in [6.45, 7) is -0.281. The number of carboxylic acids is 1. The summed E-state index contributed by atoms with van der Waals surface area (Å²) in [7, 11) is 0. The number of halogens is 1. The van der Waals surface area contributed by atoms with E-state index in [1.54, 1.807) is 12.1 Å². The van der Waals surface area contributed by atoms with E-state index < -0.39 is 12.1 Å². The number of aliphatic hydroxyl groups is 2. The number of carbonyl (C=O) groups is 1. The Kier molecular flexibility index (Phi) is 4.72. The van der Waals surface area contributed by atoms with E-state index in [0.29, 0.717) is 5.69 Å². The summed E-state index contributed by atoms with van der Waals surface area (Å²) in [4.78, 5) is 10.9. The van der Waals surface area contributed by atoms with Crippen LogP contribution in [0.5, 0.6) is 0 Å². The average molecular weight is 290 g/mol. The first-order chi connectivity index (χ1) is 7.54. The van der Waals surface area contributed by atoms with Crippen LogP contribution in [0.3, 0.4) is 0 Å². The van der Waals surface area contributed by atoms with Gasteiger partial charge in [0.1, 0.15) is 0 Å². The summed E-state index contributed by atoms with van der Waals surface area (Å²) in [5.41, 5.74) is 0.516. The molecule has 5 nitrogen and oxygen atoms in total. The molecule has 88 valence electrons. The molecule has 0 aliphatic rings. The van der Waals surface area contributed by atoms with E-state index in [1.807, 2.05) is 0 Å². The molecule has 4 N–H and O–H groups in total. The highest BCUT2D eigenvalue weighted by molar-refractivity contribution is 9.10. The van der Waals surface area contributed by atoms with Gasteiger partial charge in [0, 0.05) is 16.7 Å². The zero-order chi connectivity index (χ0) is 12.1. The highest BCUT2D eigenvalue weighted by atomic mass is 79.9. The summed E-state index contributed by atoms with van der Waals surface area (Å²) in [5, 5.41) is 29.5. The molecule has 0 saturated heterocycles. The smallest absolute Gasteiger partial charge is 0.337 e. The Morgan fingerprint density at radius 3 is 2.75 bits per heavy atom. The molecule has 6 heteroatoms. The number of nitrogens with one attached hydrogen (secondary N) is 1. The molecule has 16 heavy (non-hydrogen) atoms. The fourth-order valence-corrected chi connectivity index (χ4v) is 1.50. The number of rotatable bonds is 5. The third-order valence-corrected chi connectivity index (χ3v) is 2.44. The Morgan fingerprint density at radius 1 is 1.50 bits per heavy atom. The van der Waals surface area contributed by atoms with Crippen LogP contribution in [0.2, 0.25) is 0 Å². The van der Waals surface area contributed by atoms with Crippen LogP contribution in [0.1, 0.15) is 10.4 Å². The average Bonchev–Trinajstić information content (AvgIpc) is 2.25. The number of anilines is 1. The first-order valence-electron chi connectivity index (χ1n) is 4.60. The van der Waals surface area contributed by atoms with Crippen molar-refractivity contribution in [3.8, 4) is 0 Å². The largest absolute Gasteiger partial charge is 0.478 e. The van der Waals surface area contributed by atoms with Crippen LogP contribution in [0.4, 0.5) is 5.69 Å². The van der Waals surface area contributed by atoms with Gasteiger partial charge in [-0.3, -0.25) is 0 Å². The molecular formula is C10H12BrNO4. The first-order valence-corrected chi connectivity index (χ1v) is 5.39. The lowest BCUT2D eigenvalue weighted by Crippen LogP contribution is -2.23. The van der Waals surface area contributed by atoms with Crippen LogP contribution in [0.25, 0.3) is 0 Å². The van der Waals surface area contributed by atoms with Crippen molar-refractivity contribution in [3.05, 3.63) is 28.2 Å². The topological polar surface area (TPSA) is 89.8 Å². The normalized spacial score (nSPS) is 12.2. The van der Waals surface area contributed by atoms with Crippen molar-refractivity contribution >= 4 is 27.6 Å². The van der Waals surface area contributed by atoms with Crippen LogP contribution < -0.4 is 5.32 Å². The molecule has 1 aromatic carbocycles. The lowest BCUT2D eigenvalue weighted by atomic mass is 10.2. The molecule has 0 bridgehead atoms. The van der Waals surface area contributed by atoms with Crippen LogP contribution in [0.15, 0.2) is 22.7 Å². The van der Waals surface area contributed by atoms with Gasteiger partial charge in [-0.2, -0.15) is 0 Å². The Labute approximate surface area is 101 Å².